The maximum absolute atomic E-state index is 5.70. The van der Waals surface area contributed by atoms with Gasteiger partial charge in [-0.3, -0.25) is 9.58 Å². The topological polar surface area (TPSA) is 61.0 Å². The Morgan fingerprint density at radius 1 is 1.21 bits per heavy atom. The van der Waals surface area contributed by atoms with E-state index in [9.17, 15) is 0 Å². The quantitative estimate of drug-likeness (QED) is 0.723. The van der Waals surface area contributed by atoms with Gasteiger partial charge in [-0.05, 0) is 12.1 Å². The van der Waals surface area contributed by atoms with Crippen LogP contribution in [0.15, 0.2) is 30.5 Å². The molecule has 2 aromatic heterocycles. The van der Waals surface area contributed by atoms with Crippen LogP contribution in [0, 0.1) is 0 Å². The Kier molecular flexibility index (Phi) is 3.82. The van der Waals surface area contributed by atoms with E-state index in [1.165, 1.54) is 5.52 Å². The molecule has 4 rings (SSSR count). The monoisotopic (exact) mass is 326 g/mol. The first kappa shape index (κ1) is 15.3. The fourth-order valence-electron chi connectivity index (χ4n) is 3.58. The van der Waals surface area contributed by atoms with Crippen molar-refractivity contribution in [2.45, 2.75) is 18.6 Å². The predicted molar refractivity (Wildman–Crippen MR) is 90.5 cm³/mol. The van der Waals surface area contributed by atoms with Gasteiger partial charge in [-0.25, -0.2) is 4.98 Å². The van der Waals surface area contributed by atoms with Gasteiger partial charge in [0.15, 0.2) is 0 Å². The third-order valence-electron chi connectivity index (χ3n) is 4.89. The first-order valence-electron chi connectivity index (χ1n) is 8.17. The van der Waals surface area contributed by atoms with Gasteiger partial charge in [0.1, 0.15) is 5.82 Å². The maximum Gasteiger partial charge on any atom is 0.123 e. The van der Waals surface area contributed by atoms with Crippen molar-refractivity contribution in [2.24, 2.45) is 14.1 Å². The molecule has 3 aromatic rings. The number of fused-ring (bicyclic) bond motifs is 1. The Morgan fingerprint density at radius 2 is 2.04 bits per heavy atom. The molecular formula is C17H22N6O. The summed E-state index contributed by atoms with van der Waals surface area (Å²) < 4.78 is 9.62. The van der Waals surface area contributed by atoms with Crippen LogP contribution in [-0.2, 0) is 25.4 Å². The summed E-state index contributed by atoms with van der Waals surface area (Å²) in [5, 5.41) is 8.33. The molecule has 0 bridgehead atoms. The van der Waals surface area contributed by atoms with Gasteiger partial charge in [-0.2, -0.15) is 0 Å². The molecule has 1 aromatic carbocycles. The number of hydrogen-bond acceptors (Lipinski definition) is 5. The van der Waals surface area contributed by atoms with Gasteiger partial charge < -0.3 is 9.30 Å². The molecule has 0 unspecified atom stereocenters. The van der Waals surface area contributed by atoms with Crippen LogP contribution in [0.1, 0.15) is 17.4 Å². The highest BCUT2D eigenvalue weighted by atomic mass is 16.5. The van der Waals surface area contributed by atoms with E-state index in [0.717, 1.165) is 36.7 Å². The van der Waals surface area contributed by atoms with Gasteiger partial charge >= 0.3 is 0 Å². The molecule has 0 spiro atoms. The average Bonchev–Trinajstić information content (AvgIpc) is 3.27. The van der Waals surface area contributed by atoms with Gasteiger partial charge in [0, 0.05) is 46.4 Å². The lowest BCUT2D eigenvalue weighted by atomic mass is 10.0. The third kappa shape index (κ3) is 2.59. The van der Waals surface area contributed by atoms with Crippen molar-refractivity contribution in [1.29, 1.82) is 0 Å². The van der Waals surface area contributed by atoms with Gasteiger partial charge in [0.25, 0.3) is 0 Å². The molecule has 7 nitrogen and oxygen atoms in total. The number of ether oxygens (including phenoxy) is 1. The van der Waals surface area contributed by atoms with Crippen LogP contribution >= 0.6 is 0 Å². The zero-order chi connectivity index (χ0) is 16.7. The Hall–Kier alpha value is -2.25. The highest BCUT2D eigenvalue weighted by Gasteiger charge is 2.36. The SMILES string of the molecule is CO[C@@H]1CN(Cc2nc3ccccc3n2C)C[C@H]1c1cn(C)nn1. The normalized spacial score (nSPS) is 21.8. The van der Waals surface area contributed by atoms with Crippen LogP contribution in [0.2, 0.25) is 0 Å². The summed E-state index contributed by atoms with van der Waals surface area (Å²) in [5.74, 6) is 1.32. The molecule has 0 amide bonds. The lowest BCUT2D eigenvalue weighted by Gasteiger charge is -2.14. The number of aromatic nitrogens is 5. The molecule has 24 heavy (non-hydrogen) atoms. The molecule has 1 aliphatic rings. The van der Waals surface area contributed by atoms with Crippen molar-refractivity contribution >= 4 is 11.0 Å². The summed E-state index contributed by atoms with van der Waals surface area (Å²) in [6.07, 6.45) is 2.12. The summed E-state index contributed by atoms with van der Waals surface area (Å²) in [6.45, 7) is 2.59. The second-order valence-electron chi connectivity index (χ2n) is 6.47. The van der Waals surface area contributed by atoms with E-state index in [2.05, 4.69) is 45.0 Å². The second-order valence-corrected chi connectivity index (χ2v) is 6.47. The number of para-hydroxylation sites is 2. The Morgan fingerprint density at radius 3 is 2.75 bits per heavy atom. The molecule has 3 heterocycles. The highest BCUT2D eigenvalue weighted by Crippen LogP contribution is 2.29. The van der Waals surface area contributed by atoms with E-state index >= 15 is 0 Å². The van der Waals surface area contributed by atoms with Crippen molar-refractivity contribution < 1.29 is 4.74 Å². The van der Waals surface area contributed by atoms with Crippen LogP contribution in [0.25, 0.3) is 11.0 Å². The number of aryl methyl sites for hydroxylation is 2. The number of likely N-dealkylation sites (tertiary alicyclic amines) is 1. The molecule has 1 aliphatic heterocycles. The van der Waals surface area contributed by atoms with Crippen LogP contribution < -0.4 is 0 Å². The largest absolute Gasteiger partial charge is 0.379 e. The number of benzene rings is 1. The average molecular weight is 326 g/mol. The molecular weight excluding hydrogens is 304 g/mol. The summed E-state index contributed by atoms with van der Waals surface area (Å²) in [7, 11) is 5.74. The molecule has 0 radical (unpaired) electrons. The van der Waals surface area contributed by atoms with E-state index in [-0.39, 0.29) is 12.0 Å². The van der Waals surface area contributed by atoms with Crippen LogP contribution in [0.5, 0.6) is 0 Å². The smallest absolute Gasteiger partial charge is 0.123 e. The lowest BCUT2D eigenvalue weighted by Crippen LogP contribution is -2.24. The minimum Gasteiger partial charge on any atom is -0.379 e. The number of imidazole rings is 1. The summed E-state index contributed by atoms with van der Waals surface area (Å²) >= 11 is 0. The van der Waals surface area contributed by atoms with Crippen LogP contribution in [-0.4, -0.2) is 55.7 Å². The Balaban J connectivity index is 1.55. The summed E-state index contributed by atoms with van der Waals surface area (Å²) in [6, 6.07) is 8.24. The second kappa shape index (κ2) is 5.99. The first-order valence-corrected chi connectivity index (χ1v) is 8.17. The zero-order valence-electron chi connectivity index (χ0n) is 14.3. The summed E-state index contributed by atoms with van der Waals surface area (Å²) in [4.78, 5) is 7.16. The predicted octanol–water partition coefficient (Wildman–Crippen LogP) is 1.32. The molecule has 126 valence electrons. The van der Waals surface area contributed by atoms with E-state index in [0.29, 0.717) is 0 Å². The fraction of sp³-hybridized carbons (Fsp3) is 0.471. The van der Waals surface area contributed by atoms with Gasteiger partial charge in [-0.15, -0.1) is 5.10 Å². The molecule has 0 aliphatic carbocycles. The molecule has 1 fully saturated rings. The number of nitrogens with zero attached hydrogens (tertiary/aromatic N) is 6. The first-order chi connectivity index (χ1) is 11.7. The number of hydrogen-bond donors (Lipinski definition) is 0. The van der Waals surface area contributed by atoms with Crippen molar-refractivity contribution in [2.75, 3.05) is 20.2 Å². The van der Waals surface area contributed by atoms with E-state index in [4.69, 9.17) is 9.72 Å². The van der Waals surface area contributed by atoms with Crippen LogP contribution in [0.4, 0.5) is 0 Å². The molecule has 7 heteroatoms. The van der Waals surface area contributed by atoms with Gasteiger partial charge in [0.2, 0.25) is 0 Å². The highest BCUT2D eigenvalue weighted by molar-refractivity contribution is 5.75. The number of rotatable bonds is 4. The van der Waals surface area contributed by atoms with Gasteiger partial charge in [-0.1, -0.05) is 17.3 Å². The van der Waals surface area contributed by atoms with E-state index in [1.807, 2.05) is 19.3 Å². The van der Waals surface area contributed by atoms with Crippen LogP contribution in [0.3, 0.4) is 0 Å². The zero-order valence-corrected chi connectivity index (χ0v) is 14.3. The standard InChI is InChI=1S/C17H22N6O/c1-21-9-14(19-20-21)12-8-23(10-16(12)24-3)11-17-18-13-6-4-5-7-15(13)22(17)2/h4-7,9,12,16H,8,10-11H2,1-3H3/t12-,16+/m0/s1. The van der Waals surface area contributed by atoms with E-state index < -0.39 is 0 Å². The van der Waals surface area contributed by atoms with E-state index in [1.54, 1.807) is 11.8 Å². The van der Waals surface area contributed by atoms with Crippen molar-refractivity contribution in [3.8, 4) is 0 Å². The Labute approximate surface area is 140 Å². The third-order valence-corrected chi connectivity index (χ3v) is 4.89. The fourth-order valence-corrected chi connectivity index (χ4v) is 3.58. The Bertz CT molecular complexity index is 854. The lowest BCUT2D eigenvalue weighted by molar-refractivity contribution is 0.0954. The number of methoxy groups -OCH3 is 1. The molecule has 2 atom stereocenters. The molecule has 0 N–H and O–H groups in total. The minimum atomic E-state index is 0.136. The van der Waals surface area contributed by atoms with Gasteiger partial charge in [0.05, 0.1) is 29.4 Å². The van der Waals surface area contributed by atoms with Crippen molar-refractivity contribution in [1.82, 2.24) is 29.4 Å². The van der Waals surface area contributed by atoms with Crippen molar-refractivity contribution in [3.63, 3.8) is 0 Å². The molecule has 0 saturated carbocycles. The minimum absolute atomic E-state index is 0.136. The molecule has 1 saturated heterocycles. The maximum atomic E-state index is 5.70. The van der Waals surface area contributed by atoms with Crippen molar-refractivity contribution in [3.05, 3.63) is 42.0 Å². The summed E-state index contributed by atoms with van der Waals surface area (Å²) in [5.41, 5.74) is 3.21.